The molecule has 124 valence electrons. The molecule has 2 heterocycles. The number of carbonyl (C=O) groups is 1. The zero-order valence-corrected chi connectivity index (χ0v) is 13.3. The number of aromatic amines is 1. The molecule has 0 bridgehead atoms. The molecule has 0 spiro atoms. The Bertz CT molecular complexity index is 1080. The molecule has 0 aliphatic heterocycles. The van der Waals surface area contributed by atoms with Gasteiger partial charge < -0.3 is 4.98 Å². The lowest BCUT2D eigenvalue weighted by Gasteiger charge is -2.00. The van der Waals surface area contributed by atoms with E-state index in [1.807, 2.05) is 25.1 Å². The SMILES string of the molecule is Cc1nc2ccc(-c3nnn(CC(=O)c4ccccc4F)n3)cc2[nH]1. The summed E-state index contributed by atoms with van der Waals surface area (Å²) >= 11 is 0. The minimum Gasteiger partial charge on any atom is -0.342 e. The molecular weight excluding hydrogens is 323 g/mol. The summed E-state index contributed by atoms with van der Waals surface area (Å²) < 4.78 is 13.7. The third-order valence-electron chi connectivity index (χ3n) is 3.77. The molecule has 0 saturated heterocycles. The maximum absolute atomic E-state index is 13.7. The molecule has 4 rings (SSSR count). The number of carbonyl (C=O) groups excluding carboxylic acids is 1. The van der Waals surface area contributed by atoms with Crippen molar-refractivity contribution in [2.45, 2.75) is 13.5 Å². The fourth-order valence-electron chi connectivity index (χ4n) is 2.60. The first-order valence-electron chi connectivity index (χ1n) is 7.62. The van der Waals surface area contributed by atoms with Gasteiger partial charge in [-0.15, -0.1) is 10.2 Å². The second-order valence-electron chi connectivity index (χ2n) is 5.60. The number of halogens is 1. The molecule has 25 heavy (non-hydrogen) atoms. The van der Waals surface area contributed by atoms with Gasteiger partial charge in [-0.05, 0) is 42.5 Å². The Balaban J connectivity index is 1.59. The molecule has 0 fully saturated rings. The van der Waals surface area contributed by atoms with Crippen molar-refractivity contribution < 1.29 is 9.18 Å². The Labute approximate surface area is 141 Å². The number of ketones is 1. The molecule has 0 saturated carbocycles. The number of aryl methyl sites for hydroxylation is 1. The number of nitrogens with one attached hydrogen (secondary N) is 1. The number of imidazole rings is 1. The van der Waals surface area contributed by atoms with Crippen molar-refractivity contribution in [2.75, 3.05) is 0 Å². The first-order valence-corrected chi connectivity index (χ1v) is 7.62. The van der Waals surface area contributed by atoms with Crippen LogP contribution < -0.4 is 0 Å². The van der Waals surface area contributed by atoms with Crippen LogP contribution in [0.1, 0.15) is 16.2 Å². The Kier molecular flexibility index (Phi) is 3.57. The van der Waals surface area contributed by atoms with E-state index in [4.69, 9.17) is 0 Å². The fourth-order valence-corrected chi connectivity index (χ4v) is 2.60. The van der Waals surface area contributed by atoms with Crippen molar-refractivity contribution in [1.82, 2.24) is 30.2 Å². The highest BCUT2D eigenvalue weighted by Gasteiger charge is 2.14. The van der Waals surface area contributed by atoms with E-state index in [0.29, 0.717) is 5.82 Å². The molecule has 0 radical (unpaired) electrons. The van der Waals surface area contributed by atoms with Crippen LogP contribution in [-0.2, 0) is 6.54 Å². The van der Waals surface area contributed by atoms with E-state index in [1.165, 1.54) is 18.2 Å². The quantitative estimate of drug-likeness (QED) is 0.579. The Morgan fingerprint density at radius 1 is 1.24 bits per heavy atom. The number of tetrazole rings is 1. The van der Waals surface area contributed by atoms with Gasteiger partial charge in [-0.3, -0.25) is 4.79 Å². The van der Waals surface area contributed by atoms with Gasteiger partial charge in [0.05, 0.1) is 16.6 Å². The largest absolute Gasteiger partial charge is 0.342 e. The summed E-state index contributed by atoms with van der Waals surface area (Å²) in [5, 5.41) is 12.1. The normalized spacial score (nSPS) is 11.1. The van der Waals surface area contributed by atoms with E-state index in [9.17, 15) is 9.18 Å². The Hall–Kier alpha value is -3.42. The minimum atomic E-state index is -0.562. The van der Waals surface area contributed by atoms with Crippen LogP contribution in [0.5, 0.6) is 0 Å². The van der Waals surface area contributed by atoms with E-state index in [2.05, 4.69) is 25.4 Å². The van der Waals surface area contributed by atoms with Gasteiger partial charge in [0.1, 0.15) is 18.2 Å². The molecular formula is C17H13FN6O. The second-order valence-corrected chi connectivity index (χ2v) is 5.60. The van der Waals surface area contributed by atoms with E-state index in [1.54, 1.807) is 6.07 Å². The van der Waals surface area contributed by atoms with Gasteiger partial charge >= 0.3 is 0 Å². The number of aromatic nitrogens is 6. The lowest BCUT2D eigenvalue weighted by atomic mass is 10.1. The average molecular weight is 336 g/mol. The first kappa shape index (κ1) is 15.1. The molecule has 4 aromatic rings. The predicted molar refractivity (Wildman–Crippen MR) is 88.4 cm³/mol. The number of H-pyrrole nitrogens is 1. The summed E-state index contributed by atoms with van der Waals surface area (Å²) in [6, 6.07) is 11.4. The van der Waals surface area contributed by atoms with Crippen molar-refractivity contribution in [2.24, 2.45) is 0 Å². The molecule has 0 unspecified atom stereocenters. The van der Waals surface area contributed by atoms with E-state index in [0.717, 1.165) is 27.2 Å². The molecule has 1 N–H and O–H groups in total. The summed E-state index contributed by atoms with van der Waals surface area (Å²) in [6.07, 6.45) is 0. The molecule has 2 aromatic carbocycles. The van der Waals surface area contributed by atoms with Crippen LogP contribution in [0.4, 0.5) is 4.39 Å². The molecule has 7 nitrogen and oxygen atoms in total. The van der Waals surface area contributed by atoms with Gasteiger partial charge in [-0.1, -0.05) is 12.1 Å². The van der Waals surface area contributed by atoms with Gasteiger partial charge in [0.15, 0.2) is 5.78 Å². The summed E-state index contributed by atoms with van der Waals surface area (Å²) in [4.78, 5) is 20.8. The summed E-state index contributed by atoms with van der Waals surface area (Å²) in [5.41, 5.74) is 2.48. The number of Topliss-reactive ketones (excluding diaryl/α,β-unsaturated/α-hetero) is 1. The maximum atomic E-state index is 13.7. The van der Waals surface area contributed by atoms with Crippen molar-refractivity contribution in [3.63, 3.8) is 0 Å². The van der Waals surface area contributed by atoms with Crippen LogP contribution in [0.3, 0.4) is 0 Å². The number of benzene rings is 2. The first-order chi connectivity index (χ1) is 12.1. The van der Waals surface area contributed by atoms with Crippen molar-refractivity contribution >= 4 is 16.8 Å². The van der Waals surface area contributed by atoms with Crippen molar-refractivity contribution in [3.05, 3.63) is 59.7 Å². The van der Waals surface area contributed by atoms with Crippen LogP contribution in [0, 0.1) is 12.7 Å². The highest BCUT2D eigenvalue weighted by molar-refractivity contribution is 5.96. The summed E-state index contributed by atoms with van der Waals surface area (Å²) in [6.45, 7) is 1.70. The van der Waals surface area contributed by atoms with Crippen molar-refractivity contribution in [3.8, 4) is 11.4 Å². The number of fused-ring (bicyclic) bond motifs is 1. The van der Waals surface area contributed by atoms with Crippen LogP contribution in [0.15, 0.2) is 42.5 Å². The zero-order chi connectivity index (χ0) is 17.4. The van der Waals surface area contributed by atoms with E-state index < -0.39 is 11.6 Å². The molecule has 0 atom stereocenters. The van der Waals surface area contributed by atoms with Gasteiger partial charge in [0.2, 0.25) is 5.82 Å². The van der Waals surface area contributed by atoms with Gasteiger partial charge in [0, 0.05) is 5.56 Å². The number of hydrogen-bond donors (Lipinski definition) is 1. The molecule has 2 aromatic heterocycles. The molecule has 0 amide bonds. The van der Waals surface area contributed by atoms with Gasteiger partial charge in [-0.2, -0.15) is 4.80 Å². The lowest BCUT2D eigenvalue weighted by Crippen LogP contribution is -2.14. The van der Waals surface area contributed by atoms with Crippen molar-refractivity contribution in [1.29, 1.82) is 0 Å². The highest BCUT2D eigenvalue weighted by Crippen LogP contribution is 2.20. The summed E-state index contributed by atoms with van der Waals surface area (Å²) in [5.74, 6) is 0.226. The molecule has 0 aliphatic rings. The summed E-state index contributed by atoms with van der Waals surface area (Å²) in [7, 11) is 0. The van der Waals surface area contributed by atoms with Crippen LogP contribution in [-0.4, -0.2) is 36.0 Å². The molecule has 0 aliphatic carbocycles. The third-order valence-corrected chi connectivity index (χ3v) is 3.77. The van der Waals surface area contributed by atoms with E-state index >= 15 is 0 Å². The number of hydrogen-bond acceptors (Lipinski definition) is 5. The standard InChI is InChI=1S/C17H13FN6O/c1-10-19-14-7-6-11(8-15(14)20-10)17-21-23-24(22-17)9-16(25)12-4-2-3-5-13(12)18/h2-8H,9H2,1H3,(H,19,20). The monoisotopic (exact) mass is 336 g/mol. The van der Waals surface area contributed by atoms with Crippen LogP contribution in [0.25, 0.3) is 22.4 Å². The second kappa shape index (κ2) is 5.90. The molecule has 8 heteroatoms. The van der Waals surface area contributed by atoms with Crippen LogP contribution >= 0.6 is 0 Å². The fraction of sp³-hybridized carbons (Fsp3) is 0.118. The van der Waals surface area contributed by atoms with E-state index in [-0.39, 0.29) is 12.1 Å². The highest BCUT2D eigenvalue weighted by atomic mass is 19.1. The minimum absolute atomic E-state index is 0.00991. The zero-order valence-electron chi connectivity index (χ0n) is 13.3. The topological polar surface area (TPSA) is 89.3 Å². The third kappa shape index (κ3) is 2.89. The maximum Gasteiger partial charge on any atom is 0.205 e. The van der Waals surface area contributed by atoms with Gasteiger partial charge in [0.25, 0.3) is 0 Å². The smallest absolute Gasteiger partial charge is 0.205 e. The number of rotatable bonds is 4. The Morgan fingerprint density at radius 2 is 2.08 bits per heavy atom. The average Bonchev–Trinajstić information content (AvgIpc) is 3.19. The number of nitrogens with zero attached hydrogens (tertiary/aromatic N) is 5. The van der Waals surface area contributed by atoms with Gasteiger partial charge in [-0.25, -0.2) is 9.37 Å². The lowest BCUT2D eigenvalue weighted by molar-refractivity contribution is 0.0957. The predicted octanol–water partition coefficient (Wildman–Crippen LogP) is 2.55. The van der Waals surface area contributed by atoms with Crippen LogP contribution in [0.2, 0.25) is 0 Å². The Morgan fingerprint density at radius 3 is 2.92 bits per heavy atom.